The van der Waals surface area contributed by atoms with Crippen LogP contribution in [0.25, 0.3) is 0 Å². The van der Waals surface area contributed by atoms with Crippen LogP contribution in [0.3, 0.4) is 0 Å². The molecule has 1 aromatic carbocycles. The van der Waals surface area contributed by atoms with E-state index in [4.69, 9.17) is 5.26 Å². The van der Waals surface area contributed by atoms with Gasteiger partial charge in [-0.15, -0.1) is 0 Å². The van der Waals surface area contributed by atoms with Crippen molar-refractivity contribution in [2.75, 3.05) is 5.33 Å². The van der Waals surface area contributed by atoms with Crippen LogP contribution in [0.4, 0.5) is 8.78 Å². The van der Waals surface area contributed by atoms with E-state index in [2.05, 4.69) is 15.9 Å². The quantitative estimate of drug-likeness (QED) is 0.751. The molecule has 16 heavy (non-hydrogen) atoms. The highest BCUT2D eigenvalue weighted by Gasteiger charge is 2.15. The number of hydrogen-bond donors (Lipinski definition) is 0. The zero-order chi connectivity index (χ0) is 12.0. The lowest BCUT2D eigenvalue weighted by Gasteiger charge is -2.11. The summed E-state index contributed by atoms with van der Waals surface area (Å²) in [4.78, 5) is 0. The van der Waals surface area contributed by atoms with Gasteiger partial charge in [0.2, 0.25) is 0 Å². The Morgan fingerprint density at radius 2 is 2.12 bits per heavy atom. The summed E-state index contributed by atoms with van der Waals surface area (Å²) in [6, 6.07) is 6.80. The summed E-state index contributed by atoms with van der Waals surface area (Å²) in [5, 5.41) is 9.50. The molecule has 0 aliphatic rings. The molecule has 1 rings (SSSR count). The fraction of sp³-hybridized carbons (Fsp3) is 0.417. The van der Waals surface area contributed by atoms with Gasteiger partial charge < -0.3 is 0 Å². The highest BCUT2D eigenvalue weighted by molar-refractivity contribution is 9.09. The van der Waals surface area contributed by atoms with Crippen molar-refractivity contribution in [3.8, 4) is 6.07 Å². The second kappa shape index (κ2) is 6.59. The molecule has 0 bridgehead atoms. The average Bonchev–Trinajstić information content (AvgIpc) is 2.27. The molecule has 0 aliphatic heterocycles. The average molecular weight is 288 g/mol. The van der Waals surface area contributed by atoms with Gasteiger partial charge in [0.05, 0.1) is 12.5 Å². The second-order valence-corrected chi connectivity index (χ2v) is 4.21. The highest BCUT2D eigenvalue weighted by Crippen LogP contribution is 2.26. The van der Waals surface area contributed by atoms with Gasteiger partial charge in [-0.1, -0.05) is 34.1 Å². The van der Waals surface area contributed by atoms with Gasteiger partial charge in [-0.3, -0.25) is 0 Å². The van der Waals surface area contributed by atoms with Gasteiger partial charge in [0.15, 0.2) is 0 Å². The highest BCUT2D eigenvalue weighted by atomic mass is 79.9. The first-order chi connectivity index (χ1) is 7.70. The van der Waals surface area contributed by atoms with E-state index in [0.717, 1.165) is 23.7 Å². The summed E-state index contributed by atoms with van der Waals surface area (Å²) in [6.07, 6.45) is -0.848. The molecule has 86 valence electrons. The molecule has 0 unspecified atom stereocenters. The number of halogens is 3. The van der Waals surface area contributed by atoms with Crippen LogP contribution >= 0.6 is 15.9 Å². The summed E-state index contributed by atoms with van der Waals surface area (Å²) >= 11 is 3.30. The first-order valence-corrected chi connectivity index (χ1v) is 6.14. The molecule has 0 spiro atoms. The van der Waals surface area contributed by atoms with Crippen molar-refractivity contribution in [1.29, 1.82) is 5.26 Å². The second-order valence-electron chi connectivity index (χ2n) is 3.41. The van der Waals surface area contributed by atoms with E-state index < -0.39 is 6.43 Å². The number of alkyl halides is 3. The molecule has 0 atom stereocenters. The number of nitriles is 1. The number of aryl methyl sites for hydroxylation is 1. The summed E-state index contributed by atoms with van der Waals surface area (Å²) in [5.74, 6) is 0. The number of rotatable bonds is 5. The Labute approximate surface area is 102 Å². The molecule has 0 aromatic heterocycles. The van der Waals surface area contributed by atoms with Gasteiger partial charge in [-0.2, -0.15) is 5.26 Å². The monoisotopic (exact) mass is 287 g/mol. The summed E-state index contributed by atoms with van der Waals surface area (Å²) in [6.45, 7) is 0. The Morgan fingerprint density at radius 1 is 1.38 bits per heavy atom. The van der Waals surface area contributed by atoms with E-state index in [9.17, 15) is 8.78 Å². The normalized spacial score (nSPS) is 10.4. The molecule has 0 N–H and O–H groups in total. The zero-order valence-electron chi connectivity index (χ0n) is 8.72. The third-order valence-corrected chi connectivity index (χ3v) is 2.94. The molecule has 1 aromatic rings. The van der Waals surface area contributed by atoms with Gasteiger partial charge in [-0.25, -0.2) is 8.78 Å². The Hall–Kier alpha value is -0.950. The maximum atomic E-state index is 12.7. The summed E-state index contributed by atoms with van der Waals surface area (Å²) in [7, 11) is 0. The minimum Gasteiger partial charge on any atom is -0.205 e. The van der Waals surface area contributed by atoms with Gasteiger partial charge in [0.1, 0.15) is 0 Å². The molecule has 0 fully saturated rings. The lowest BCUT2D eigenvalue weighted by molar-refractivity contribution is 0.150. The standard InChI is InChI=1S/C12H12BrF2N/c13-7-2-4-9-3-1-5-11(12(14)15)10(9)6-8-16/h1,3,5,12H,2,4,6-7H2. The minimum atomic E-state index is -2.51. The van der Waals surface area contributed by atoms with E-state index in [1.54, 1.807) is 6.07 Å². The van der Waals surface area contributed by atoms with E-state index in [1.807, 2.05) is 12.1 Å². The molecule has 4 heteroatoms. The fourth-order valence-corrected chi connectivity index (χ4v) is 1.93. The third-order valence-electron chi connectivity index (χ3n) is 2.38. The van der Waals surface area contributed by atoms with Crippen LogP contribution in [0.15, 0.2) is 18.2 Å². The van der Waals surface area contributed by atoms with Crippen molar-refractivity contribution in [3.05, 3.63) is 34.9 Å². The first-order valence-electron chi connectivity index (χ1n) is 5.02. The lowest BCUT2D eigenvalue weighted by atomic mass is 9.96. The predicted octanol–water partition coefficient (Wildman–Crippen LogP) is 4.02. The molecule has 1 nitrogen and oxygen atoms in total. The van der Waals surface area contributed by atoms with Crippen LogP contribution in [-0.4, -0.2) is 5.33 Å². The SMILES string of the molecule is N#CCc1c(CCCBr)cccc1C(F)F. The summed E-state index contributed by atoms with van der Waals surface area (Å²) < 4.78 is 25.5. The van der Waals surface area contributed by atoms with Crippen LogP contribution < -0.4 is 0 Å². The van der Waals surface area contributed by atoms with Crippen molar-refractivity contribution in [1.82, 2.24) is 0 Å². The fourth-order valence-electron chi connectivity index (χ4n) is 1.65. The van der Waals surface area contributed by atoms with Gasteiger partial charge in [-0.05, 0) is 24.0 Å². The lowest BCUT2D eigenvalue weighted by Crippen LogP contribution is -2.00. The van der Waals surface area contributed by atoms with E-state index >= 15 is 0 Å². The molecule has 0 saturated heterocycles. The molecule has 0 heterocycles. The van der Waals surface area contributed by atoms with Crippen molar-refractivity contribution in [2.45, 2.75) is 25.7 Å². The minimum absolute atomic E-state index is 0.00591. The number of nitrogens with zero attached hydrogens (tertiary/aromatic N) is 1. The maximum absolute atomic E-state index is 12.7. The number of benzene rings is 1. The molecule has 0 amide bonds. The van der Waals surface area contributed by atoms with Crippen LogP contribution in [0, 0.1) is 11.3 Å². The van der Waals surface area contributed by atoms with Gasteiger partial charge >= 0.3 is 0 Å². The van der Waals surface area contributed by atoms with Crippen LogP contribution in [0.5, 0.6) is 0 Å². The van der Waals surface area contributed by atoms with Crippen LogP contribution in [-0.2, 0) is 12.8 Å². The van der Waals surface area contributed by atoms with E-state index in [-0.39, 0.29) is 12.0 Å². The Morgan fingerprint density at radius 3 is 2.69 bits per heavy atom. The molecular weight excluding hydrogens is 276 g/mol. The van der Waals surface area contributed by atoms with E-state index in [0.29, 0.717) is 5.56 Å². The first kappa shape index (κ1) is 13.1. The molecule has 0 saturated carbocycles. The summed E-state index contributed by atoms with van der Waals surface area (Å²) in [5.41, 5.74) is 1.35. The van der Waals surface area contributed by atoms with Crippen molar-refractivity contribution in [3.63, 3.8) is 0 Å². The van der Waals surface area contributed by atoms with E-state index in [1.165, 1.54) is 6.07 Å². The smallest absolute Gasteiger partial charge is 0.205 e. The maximum Gasteiger partial charge on any atom is 0.264 e. The van der Waals surface area contributed by atoms with Gasteiger partial charge in [0, 0.05) is 10.9 Å². The largest absolute Gasteiger partial charge is 0.264 e. The molecular formula is C12H12BrF2N. The molecule has 0 radical (unpaired) electrons. The van der Waals surface area contributed by atoms with Crippen molar-refractivity contribution in [2.24, 2.45) is 0 Å². The number of hydrogen-bond acceptors (Lipinski definition) is 1. The van der Waals surface area contributed by atoms with Gasteiger partial charge in [0.25, 0.3) is 6.43 Å². The topological polar surface area (TPSA) is 23.8 Å². The predicted molar refractivity (Wildman–Crippen MR) is 62.8 cm³/mol. The van der Waals surface area contributed by atoms with Crippen LogP contribution in [0.1, 0.15) is 29.5 Å². The third kappa shape index (κ3) is 3.28. The molecule has 0 aliphatic carbocycles. The zero-order valence-corrected chi connectivity index (χ0v) is 10.3. The Balaban J connectivity index is 3.06. The van der Waals surface area contributed by atoms with Crippen LogP contribution in [0.2, 0.25) is 0 Å². The van der Waals surface area contributed by atoms with Crippen molar-refractivity contribution >= 4 is 15.9 Å². The van der Waals surface area contributed by atoms with Crippen molar-refractivity contribution < 1.29 is 8.78 Å². The Bertz CT molecular complexity index is 385. The Kier molecular flexibility index (Phi) is 5.41.